The molecule has 2 fully saturated rings. The van der Waals surface area contributed by atoms with Gasteiger partial charge in [0, 0.05) is 10.9 Å². The molecule has 0 aliphatic heterocycles. The standard InChI is InChI=1S/C26H31NO5S/c1-5-32-25(31)21-18(14-8-10-17(11-9-14)26(2,3)4)13-33-23(21)27-22(28)19-15-6-7-16(12-15)20(19)24(29)30/h8-11,13,15-16,19-20H,5-7,12H2,1-4H3,(H,27,28)(H,29,30)/t15-,16-,19+,20+/m0/s1. The lowest BCUT2D eigenvalue weighted by atomic mass is 9.78. The second kappa shape index (κ2) is 8.93. The Morgan fingerprint density at radius 3 is 2.30 bits per heavy atom. The van der Waals surface area contributed by atoms with E-state index in [2.05, 4.69) is 26.1 Å². The molecular weight excluding hydrogens is 438 g/mol. The van der Waals surface area contributed by atoms with Gasteiger partial charge in [-0.15, -0.1) is 11.3 Å². The number of benzene rings is 1. The Labute approximate surface area is 198 Å². The molecule has 2 saturated carbocycles. The molecule has 1 heterocycles. The smallest absolute Gasteiger partial charge is 0.341 e. The third-order valence-electron chi connectivity index (χ3n) is 7.07. The fraction of sp³-hybridized carbons (Fsp3) is 0.500. The van der Waals surface area contributed by atoms with Crippen LogP contribution in [0.2, 0.25) is 0 Å². The summed E-state index contributed by atoms with van der Waals surface area (Å²) in [5, 5.41) is 14.9. The van der Waals surface area contributed by atoms with Crippen LogP contribution < -0.4 is 5.32 Å². The summed E-state index contributed by atoms with van der Waals surface area (Å²) in [5.74, 6) is -2.77. The summed E-state index contributed by atoms with van der Waals surface area (Å²) in [5.41, 5.74) is 3.10. The summed E-state index contributed by atoms with van der Waals surface area (Å²) in [7, 11) is 0. The molecule has 4 atom stereocenters. The van der Waals surface area contributed by atoms with Crippen molar-refractivity contribution in [1.82, 2.24) is 0 Å². The highest BCUT2D eigenvalue weighted by Gasteiger charge is 2.54. The molecule has 2 aliphatic rings. The maximum Gasteiger partial charge on any atom is 0.341 e. The van der Waals surface area contributed by atoms with Crippen molar-refractivity contribution in [2.24, 2.45) is 23.7 Å². The number of amides is 1. The highest BCUT2D eigenvalue weighted by molar-refractivity contribution is 7.15. The van der Waals surface area contributed by atoms with Gasteiger partial charge in [0.1, 0.15) is 10.6 Å². The average molecular weight is 470 g/mol. The molecule has 1 amide bonds. The van der Waals surface area contributed by atoms with Gasteiger partial charge in [-0.25, -0.2) is 4.79 Å². The van der Waals surface area contributed by atoms with E-state index < -0.39 is 23.8 Å². The predicted octanol–water partition coefficient (Wildman–Crippen LogP) is 5.57. The largest absolute Gasteiger partial charge is 0.481 e. The number of carbonyl (C=O) groups is 3. The minimum atomic E-state index is -0.904. The molecule has 0 unspecified atom stereocenters. The van der Waals surface area contributed by atoms with E-state index in [-0.39, 0.29) is 29.8 Å². The Morgan fingerprint density at radius 1 is 1.09 bits per heavy atom. The zero-order valence-corrected chi connectivity index (χ0v) is 20.3. The molecule has 2 aromatic rings. The van der Waals surface area contributed by atoms with Crippen molar-refractivity contribution < 1.29 is 24.2 Å². The fourth-order valence-electron chi connectivity index (χ4n) is 5.44. The molecule has 4 rings (SSSR count). The van der Waals surface area contributed by atoms with E-state index in [4.69, 9.17) is 4.74 Å². The lowest BCUT2D eigenvalue weighted by molar-refractivity contribution is -0.148. The Hall–Kier alpha value is -2.67. The predicted molar refractivity (Wildman–Crippen MR) is 128 cm³/mol. The normalized spacial score (nSPS) is 24.0. The number of ether oxygens (including phenoxy) is 1. The first kappa shape index (κ1) is 23.5. The molecule has 1 aromatic carbocycles. The first-order valence-electron chi connectivity index (χ1n) is 11.5. The Balaban J connectivity index is 1.65. The fourth-order valence-corrected chi connectivity index (χ4v) is 6.40. The van der Waals surface area contributed by atoms with Crippen molar-refractivity contribution in [2.75, 3.05) is 11.9 Å². The van der Waals surface area contributed by atoms with E-state index in [1.54, 1.807) is 6.92 Å². The van der Waals surface area contributed by atoms with Crippen molar-refractivity contribution in [3.63, 3.8) is 0 Å². The number of anilines is 1. The third-order valence-corrected chi connectivity index (χ3v) is 7.97. The van der Waals surface area contributed by atoms with Gasteiger partial charge in [-0.05, 0) is 54.6 Å². The number of carboxylic acids is 1. The first-order valence-corrected chi connectivity index (χ1v) is 12.4. The molecule has 7 heteroatoms. The van der Waals surface area contributed by atoms with Gasteiger partial charge in [-0.3, -0.25) is 9.59 Å². The zero-order chi connectivity index (χ0) is 23.9. The quantitative estimate of drug-likeness (QED) is 0.539. The number of esters is 1. The van der Waals surface area contributed by atoms with Crippen LogP contribution >= 0.6 is 11.3 Å². The monoisotopic (exact) mass is 469 g/mol. The first-order chi connectivity index (χ1) is 15.6. The summed E-state index contributed by atoms with van der Waals surface area (Å²) >= 11 is 1.27. The number of carbonyl (C=O) groups excluding carboxylic acids is 2. The molecule has 1 aromatic heterocycles. The van der Waals surface area contributed by atoms with Gasteiger partial charge in [-0.2, -0.15) is 0 Å². The van der Waals surface area contributed by atoms with E-state index in [1.165, 1.54) is 16.9 Å². The number of fused-ring (bicyclic) bond motifs is 2. The van der Waals surface area contributed by atoms with Crippen molar-refractivity contribution >= 4 is 34.2 Å². The minimum absolute atomic E-state index is 0.0115. The van der Waals surface area contributed by atoms with E-state index >= 15 is 0 Å². The van der Waals surface area contributed by atoms with Crippen molar-refractivity contribution in [3.8, 4) is 11.1 Å². The van der Waals surface area contributed by atoms with E-state index in [9.17, 15) is 19.5 Å². The van der Waals surface area contributed by atoms with Crippen LogP contribution in [-0.2, 0) is 19.7 Å². The molecule has 176 valence electrons. The lowest BCUT2D eigenvalue weighted by Gasteiger charge is -2.27. The Bertz CT molecular complexity index is 1070. The number of thiophene rings is 1. The minimum Gasteiger partial charge on any atom is -0.481 e. The van der Waals surface area contributed by atoms with E-state index in [1.807, 2.05) is 29.6 Å². The highest BCUT2D eigenvalue weighted by atomic mass is 32.1. The van der Waals surface area contributed by atoms with Crippen LogP contribution in [0.3, 0.4) is 0 Å². The van der Waals surface area contributed by atoms with Crippen LogP contribution in [0.25, 0.3) is 11.1 Å². The summed E-state index contributed by atoms with van der Waals surface area (Å²) in [6, 6.07) is 8.06. The number of hydrogen-bond acceptors (Lipinski definition) is 5. The average Bonchev–Trinajstić information content (AvgIpc) is 3.47. The lowest BCUT2D eigenvalue weighted by Crippen LogP contribution is -2.37. The van der Waals surface area contributed by atoms with Crippen LogP contribution in [0.4, 0.5) is 5.00 Å². The molecule has 2 aliphatic carbocycles. The van der Waals surface area contributed by atoms with Gasteiger partial charge in [-0.1, -0.05) is 45.0 Å². The number of hydrogen-bond donors (Lipinski definition) is 2. The molecule has 2 bridgehead atoms. The van der Waals surface area contributed by atoms with Crippen LogP contribution in [0.15, 0.2) is 29.6 Å². The summed E-state index contributed by atoms with van der Waals surface area (Å²) in [6.07, 6.45) is 2.54. The molecular formula is C26H31NO5S. The molecule has 0 radical (unpaired) electrons. The molecule has 0 saturated heterocycles. The van der Waals surface area contributed by atoms with Crippen LogP contribution in [0.1, 0.15) is 62.9 Å². The van der Waals surface area contributed by atoms with Crippen molar-refractivity contribution in [1.29, 1.82) is 0 Å². The Morgan fingerprint density at radius 2 is 1.73 bits per heavy atom. The summed E-state index contributed by atoms with van der Waals surface area (Å²) in [6.45, 7) is 8.39. The number of carboxylic acid groups (broad SMARTS) is 1. The molecule has 33 heavy (non-hydrogen) atoms. The van der Waals surface area contributed by atoms with Crippen LogP contribution in [0.5, 0.6) is 0 Å². The number of rotatable bonds is 6. The van der Waals surface area contributed by atoms with Gasteiger partial charge < -0.3 is 15.2 Å². The van der Waals surface area contributed by atoms with Crippen molar-refractivity contribution in [3.05, 3.63) is 40.8 Å². The van der Waals surface area contributed by atoms with E-state index in [0.717, 1.165) is 24.8 Å². The SMILES string of the molecule is CCOC(=O)c1c(-c2ccc(C(C)(C)C)cc2)csc1NC(=O)[C@@H]1[C@H]2CC[C@@H](C2)[C@H]1C(=O)O. The molecule has 6 nitrogen and oxygen atoms in total. The van der Waals surface area contributed by atoms with Crippen LogP contribution in [0, 0.1) is 23.7 Å². The van der Waals surface area contributed by atoms with Crippen molar-refractivity contribution in [2.45, 2.75) is 52.4 Å². The zero-order valence-electron chi connectivity index (χ0n) is 19.5. The van der Waals surface area contributed by atoms with Gasteiger partial charge in [0.15, 0.2) is 0 Å². The topological polar surface area (TPSA) is 92.7 Å². The second-order valence-electron chi connectivity index (χ2n) is 10.1. The third kappa shape index (κ3) is 4.43. The van der Waals surface area contributed by atoms with Gasteiger partial charge >= 0.3 is 11.9 Å². The second-order valence-corrected chi connectivity index (χ2v) is 11.0. The summed E-state index contributed by atoms with van der Waals surface area (Å²) in [4.78, 5) is 38.0. The van der Waals surface area contributed by atoms with Gasteiger partial charge in [0.2, 0.25) is 5.91 Å². The number of aliphatic carboxylic acids is 1. The van der Waals surface area contributed by atoms with Gasteiger partial charge in [0.25, 0.3) is 0 Å². The summed E-state index contributed by atoms with van der Waals surface area (Å²) < 4.78 is 5.31. The molecule has 2 N–H and O–H groups in total. The van der Waals surface area contributed by atoms with Gasteiger partial charge in [0.05, 0.1) is 18.4 Å². The van der Waals surface area contributed by atoms with E-state index in [0.29, 0.717) is 16.1 Å². The Kier molecular flexibility index (Phi) is 6.36. The number of nitrogens with one attached hydrogen (secondary N) is 1. The van der Waals surface area contributed by atoms with Crippen LogP contribution in [-0.4, -0.2) is 29.6 Å². The maximum absolute atomic E-state index is 13.2. The highest BCUT2D eigenvalue weighted by Crippen LogP contribution is 2.53. The molecule has 0 spiro atoms. The maximum atomic E-state index is 13.2.